The van der Waals surface area contributed by atoms with Crippen molar-refractivity contribution in [3.63, 3.8) is 0 Å². The lowest BCUT2D eigenvalue weighted by atomic mass is 10.4. The molecule has 0 atom stereocenters. The first-order valence-electron chi connectivity index (χ1n) is 5.22. The van der Waals surface area contributed by atoms with E-state index < -0.39 is 0 Å². The number of nitrogens with zero attached hydrogens (tertiary/aromatic N) is 3. The standard InChI is InChI=1S/C9H14N4O/c1-2-7(1)8-11-12-9(14-8)13-5-3-10-4-6-13/h7,10H,1-6H2. The minimum Gasteiger partial charge on any atom is -0.408 e. The number of anilines is 1. The van der Waals surface area contributed by atoms with Crippen LogP contribution in [0.2, 0.25) is 0 Å². The topological polar surface area (TPSA) is 54.2 Å². The van der Waals surface area contributed by atoms with Crippen LogP contribution in [-0.2, 0) is 0 Å². The van der Waals surface area contributed by atoms with Gasteiger partial charge < -0.3 is 14.6 Å². The number of nitrogens with one attached hydrogen (secondary N) is 1. The second-order valence-corrected chi connectivity index (χ2v) is 3.93. The van der Waals surface area contributed by atoms with Crippen molar-refractivity contribution in [2.24, 2.45) is 0 Å². The highest BCUT2D eigenvalue weighted by atomic mass is 16.4. The fourth-order valence-electron chi connectivity index (χ4n) is 1.71. The van der Waals surface area contributed by atoms with Crippen LogP contribution in [0.5, 0.6) is 0 Å². The smallest absolute Gasteiger partial charge is 0.318 e. The fraction of sp³-hybridized carbons (Fsp3) is 0.778. The third-order valence-electron chi connectivity index (χ3n) is 2.74. The Bertz CT molecular complexity index is 314. The fourth-order valence-corrected chi connectivity index (χ4v) is 1.71. The molecule has 0 radical (unpaired) electrons. The molecular weight excluding hydrogens is 180 g/mol. The molecule has 0 amide bonds. The molecule has 0 unspecified atom stereocenters. The molecule has 1 saturated carbocycles. The number of hydrogen-bond acceptors (Lipinski definition) is 5. The van der Waals surface area contributed by atoms with Crippen molar-refractivity contribution in [2.75, 3.05) is 31.1 Å². The summed E-state index contributed by atoms with van der Waals surface area (Å²) < 4.78 is 5.62. The highest BCUT2D eigenvalue weighted by molar-refractivity contribution is 5.25. The van der Waals surface area contributed by atoms with E-state index in [1.54, 1.807) is 0 Å². The molecule has 1 aromatic rings. The minimum atomic E-state index is 0.555. The summed E-state index contributed by atoms with van der Waals surface area (Å²) in [6.07, 6.45) is 2.42. The first-order valence-corrected chi connectivity index (χ1v) is 5.22. The summed E-state index contributed by atoms with van der Waals surface area (Å²) >= 11 is 0. The van der Waals surface area contributed by atoms with Crippen molar-refractivity contribution in [1.82, 2.24) is 15.5 Å². The van der Waals surface area contributed by atoms with Crippen molar-refractivity contribution in [3.05, 3.63) is 5.89 Å². The van der Waals surface area contributed by atoms with Gasteiger partial charge in [0.2, 0.25) is 5.89 Å². The zero-order valence-electron chi connectivity index (χ0n) is 8.07. The summed E-state index contributed by atoms with van der Waals surface area (Å²) in [6, 6.07) is 0.702. The first kappa shape index (κ1) is 8.23. The Hall–Kier alpha value is -1.10. The summed E-state index contributed by atoms with van der Waals surface area (Å²) in [5.74, 6) is 1.39. The maximum atomic E-state index is 5.62. The number of piperazine rings is 1. The average Bonchev–Trinajstić information content (AvgIpc) is 2.98. The monoisotopic (exact) mass is 194 g/mol. The number of rotatable bonds is 2. The average molecular weight is 194 g/mol. The lowest BCUT2D eigenvalue weighted by Gasteiger charge is -2.24. The van der Waals surface area contributed by atoms with E-state index in [-0.39, 0.29) is 0 Å². The molecule has 3 rings (SSSR count). The molecule has 0 bridgehead atoms. The highest BCUT2D eigenvalue weighted by Gasteiger charge is 2.30. The number of hydrogen-bond donors (Lipinski definition) is 1. The Kier molecular flexibility index (Phi) is 1.90. The predicted octanol–water partition coefficient (Wildman–Crippen LogP) is 0.357. The van der Waals surface area contributed by atoms with Gasteiger partial charge in [-0.1, -0.05) is 5.10 Å². The lowest BCUT2D eigenvalue weighted by Crippen LogP contribution is -2.43. The normalized spacial score (nSPS) is 22.7. The van der Waals surface area contributed by atoms with Gasteiger partial charge >= 0.3 is 6.01 Å². The quantitative estimate of drug-likeness (QED) is 0.736. The van der Waals surface area contributed by atoms with Crippen LogP contribution < -0.4 is 10.2 Å². The highest BCUT2D eigenvalue weighted by Crippen LogP contribution is 2.39. The van der Waals surface area contributed by atoms with Crippen LogP contribution in [0.4, 0.5) is 6.01 Å². The molecule has 0 aromatic carbocycles. The third kappa shape index (κ3) is 1.48. The van der Waals surface area contributed by atoms with Crippen molar-refractivity contribution in [3.8, 4) is 0 Å². The second-order valence-electron chi connectivity index (χ2n) is 3.93. The summed E-state index contributed by atoms with van der Waals surface area (Å²) in [5.41, 5.74) is 0. The molecule has 5 heteroatoms. The van der Waals surface area contributed by atoms with Crippen LogP contribution in [0.15, 0.2) is 4.42 Å². The van der Waals surface area contributed by atoms with E-state index in [9.17, 15) is 0 Å². The predicted molar refractivity (Wildman–Crippen MR) is 51.4 cm³/mol. The maximum Gasteiger partial charge on any atom is 0.318 e. The van der Waals surface area contributed by atoms with Gasteiger partial charge in [-0.25, -0.2) is 0 Å². The summed E-state index contributed by atoms with van der Waals surface area (Å²) in [5, 5.41) is 11.5. The molecular formula is C9H14N4O. The molecule has 1 aliphatic carbocycles. The van der Waals surface area contributed by atoms with Crippen molar-refractivity contribution in [1.29, 1.82) is 0 Å². The molecule has 1 aromatic heterocycles. The zero-order chi connectivity index (χ0) is 9.38. The summed E-state index contributed by atoms with van der Waals surface area (Å²) in [4.78, 5) is 2.15. The van der Waals surface area contributed by atoms with Gasteiger partial charge in [0.15, 0.2) is 0 Å². The van der Waals surface area contributed by atoms with Gasteiger partial charge in [-0.15, -0.1) is 5.10 Å². The second kappa shape index (κ2) is 3.24. The zero-order valence-corrected chi connectivity index (χ0v) is 8.07. The minimum absolute atomic E-state index is 0.555. The Morgan fingerprint density at radius 1 is 1.21 bits per heavy atom. The molecule has 14 heavy (non-hydrogen) atoms. The van der Waals surface area contributed by atoms with Crippen LogP contribution in [0.25, 0.3) is 0 Å². The lowest BCUT2D eigenvalue weighted by molar-refractivity contribution is 0.466. The molecule has 1 aliphatic heterocycles. The Labute approximate surface area is 82.5 Å². The van der Waals surface area contributed by atoms with Crippen LogP contribution in [-0.4, -0.2) is 36.4 Å². The van der Waals surface area contributed by atoms with E-state index in [4.69, 9.17) is 4.42 Å². The van der Waals surface area contributed by atoms with E-state index in [1.807, 2.05) is 0 Å². The molecule has 1 N–H and O–H groups in total. The SMILES string of the molecule is C1CN(c2nnc(C3CC3)o2)CCN1. The van der Waals surface area contributed by atoms with Crippen molar-refractivity contribution in [2.45, 2.75) is 18.8 Å². The van der Waals surface area contributed by atoms with Gasteiger partial charge in [-0.3, -0.25) is 0 Å². The van der Waals surface area contributed by atoms with Gasteiger partial charge in [-0.05, 0) is 12.8 Å². The number of aromatic nitrogens is 2. The van der Waals surface area contributed by atoms with Crippen LogP contribution in [0.3, 0.4) is 0 Å². The van der Waals surface area contributed by atoms with Gasteiger partial charge in [-0.2, -0.15) is 0 Å². The maximum absolute atomic E-state index is 5.62. The Morgan fingerprint density at radius 3 is 2.71 bits per heavy atom. The van der Waals surface area contributed by atoms with E-state index in [2.05, 4.69) is 20.4 Å². The van der Waals surface area contributed by atoms with Crippen molar-refractivity contribution >= 4 is 6.01 Å². The summed E-state index contributed by atoms with van der Waals surface area (Å²) in [7, 11) is 0. The van der Waals surface area contributed by atoms with E-state index >= 15 is 0 Å². The van der Waals surface area contributed by atoms with Gasteiger partial charge in [0, 0.05) is 32.1 Å². The molecule has 76 valence electrons. The molecule has 1 saturated heterocycles. The largest absolute Gasteiger partial charge is 0.408 e. The molecule has 5 nitrogen and oxygen atoms in total. The first-order chi connectivity index (χ1) is 6.93. The molecule has 2 heterocycles. The van der Waals surface area contributed by atoms with Gasteiger partial charge in [0.25, 0.3) is 0 Å². The van der Waals surface area contributed by atoms with Crippen LogP contribution in [0.1, 0.15) is 24.7 Å². The Balaban J connectivity index is 1.74. The molecule has 2 fully saturated rings. The van der Waals surface area contributed by atoms with Gasteiger partial charge in [0.05, 0.1) is 0 Å². The van der Waals surface area contributed by atoms with Gasteiger partial charge in [0.1, 0.15) is 0 Å². The van der Waals surface area contributed by atoms with E-state index in [0.717, 1.165) is 32.1 Å². The molecule has 0 spiro atoms. The van der Waals surface area contributed by atoms with E-state index in [0.29, 0.717) is 11.9 Å². The molecule has 2 aliphatic rings. The van der Waals surface area contributed by atoms with Crippen LogP contribution in [0, 0.1) is 0 Å². The third-order valence-corrected chi connectivity index (χ3v) is 2.74. The summed E-state index contributed by atoms with van der Waals surface area (Å²) in [6.45, 7) is 3.93. The van der Waals surface area contributed by atoms with E-state index in [1.165, 1.54) is 12.8 Å². The van der Waals surface area contributed by atoms with Crippen LogP contribution >= 0.6 is 0 Å². The Morgan fingerprint density at radius 2 is 2.00 bits per heavy atom. The van der Waals surface area contributed by atoms with Crippen molar-refractivity contribution < 1.29 is 4.42 Å².